The first-order chi connectivity index (χ1) is 9.01. The Morgan fingerprint density at radius 2 is 1.84 bits per heavy atom. The van der Waals surface area contributed by atoms with Crippen LogP contribution in [0.4, 0.5) is 0 Å². The Morgan fingerprint density at radius 1 is 1.26 bits per heavy atom. The number of rotatable bonds is 6. The summed E-state index contributed by atoms with van der Waals surface area (Å²) in [6.07, 6.45) is 2.85. The van der Waals surface area contributed by atoms with Gasteiger partial charge in [0, 0.05) is 32.2 Å². The molecule has 0 radical (unpaired) electrons. The molecular formula is C14H27N3OS. The molecule has 0 aliphatic carbocycles. The molecule has 1 heterocycles. The van der Waals surface area contributed by atoms with Crippen LogP contribution in [0, 0.1) is 5.92 Å². The molecular weight excluding hydrogens is 258 g/mol. The van der Waals surface area contributed by atoms with E-state index >= 15 is 0 Å². The summed E-state index contributed by atoms with van der Waals surface area (Å²) < 4.78 is 0. The van der Waals surface area contributed by atoms with Gasteiger partial charge in [-0.3, -0.25) is 9.69 Å². The van der Waals surface area contributed by atoms with Gasteiger partial charge in [0.1, 0.15) is 0 Å². The topological polar surface area (TPSA) is 49.6 Å². The lowest BCUT2D eigenvalue weighted by Crippen LogP contribution is -2.53. The number of nitrogens with two attached hydrogens (primary N) is 1. The third-order valence-corrected chi connectivity index (χ3v) is 4.34. The van der Waals surface area contributed by atoms with Crippen LogP contribution in [-0.2, 0) is 4.79 Å². The molecule has 19 heavy (non-hydrogen) atoms. The van der Waals surface area contributed by atoms with E-state index in [2.05, 4.69) is 25.7 Å². The molecule has 5 heteroatoms. The minimum Gasteiger partial charge on any atom is -0.393 e. The number of carbonyl (C=O) groups excluding carboxylic acids is 1. The van der Waals surface area contributed by atoms with Crippen molar-refractivity contribution < 1.29 is 4.79 Å². The molecule has 0 saturated carbocycles. The van der Waals surface area contributed by atoms with E-state index in [-0.39, 0.29) is 11.8 Å². The summed E-state index contributed by atoms with van der Waals surface area (Å²) in [6, 6.07) is 0.597. The number of thiocarbonyl (C=S) groups is 1. The maximum Gasteiger partial charge on any atom is 0.232 e. The Balaban J connectivity index is 2.54. The first kappa shape index (κ1) is 16.4. The van der Waals surface area contributed by atoms with Crippen LogP contribution < -0.4 is 5.73 Å². The van der Waals surface area contributed by atoms with Crippen molar-refractivity contribution in [2.45, 2.75) is 46.1 Å². The van der Waals surface area contributed by atoms with E-state index in [0.717, 1.165) is 45.4 Å². The third kappa shape index (κ3) is 4.42. The Labute approximate surface area is 122 Å². The summed E-state index contributed by atoms with van der Waals surface area (Å²) in [6.45, 7) is 10.0. The summed E-state index contributed by atoms with van der Waals surface area (Å²) in [5.74, 6) is -0.145. The minimum atomic E-state index is -0.268. The Kier molecular flexibility index (Phi) is 6.72. The van der Waals surface area contributed by atoms with Gasteiger partial charge in [0.2, 0.25) is 5.91 Å². The highest BCUT2D eigenvalue weighted by atomic mass is 32.1. The van der Waals surface area contributed by atoms with Gasteiger partial charge in [-0.05, 0) is 19.8 Å². The molecule has 1 saturated heterocycles. The van der Waals surface area contributed by atoms with Crippen molar-refractivity contribution >= 4 is 23.1 Å². The van der Waals surface area contributed by atoms with E-state index in [1.165, 1.54) is 0 Å². The molecule has 1 rings (SSSR count). The van der Waals surface area contributed by atoms with Crippen LogP contribution in [-0.4, -0.2) is 52.9 Å². The van der Waals surface area contributed by atoms with Gasteiger partial charge < -0.3 is 10.6 Å². The maximum atomic E-state index is 12.4. The summed E-state index contributed by atoms with van der Waals surface area (Å²) >= 11 is 5.03. The molecule has 4 nitrogen and oxygen atoms in total. The lowest BCUT2D eigenvalue weighted by atomic mass is 10.0. The molecule has 0 aromatic heterocycles. The lowest BCUT2D eigenvalue weighted by molar-refractivity contribution is -0.135. The predicted molar refractivity (Wildman–Crippen MR) is 83.1 cm³/mol. The zero-order valence-electron chi connectivity index (χ0n) is 12.4. The average Bonchev–Trinajstić information content (AvgIpc) is 2.43. The fraction of sp³-hybridized carbons (Fsp3) is 0.857. The molecule has 0 bridgehead atoms. The van der Waals surface area contributed by atoms with Crippen LogP contribution in [0.15, 0.2) is 0 Å². The number of amides is 1. The first-order valence-electron chi connectivity index (χ1n) is 7.33. The molecule has 1 aliphatic rings. The molecule has 1 aliphatic heterocycles. The van der Waals surface area contributed by atoms with Crippen molar-refractivity contribution in [1.29, 1.82) is 0 Å². The van der Waals surface area contributed by atoms with Crippen molar-refractivity contribution in [1.82, 2.24) is 9.80 Å². The number of hydrogen-bond acceptors (Lipinski definition) is 3. The van der Waals surface area contributed by atoms with Crippen molar-refractivity contribution in [3.63, 3.8) is 0 Å². The molecule has 1 amide bonds. The van der Waals surface area contributed by atoms with Gasteiger partial charge in [0.25, 0.3) is 0 Å². The van der Waals surface area contributed by atoms with Crippen LogP contribution in [0.3, 0.4) is 0 Å². The number of nitrogens with zero attached hydrogens (tertiary/aromatic N) is 2. The average molecular weight is 285 g/mol. The summed E-state index contributed by atoms with van der Waals surface area (Å²) in [7, 11) is 0. The Bertz CT molecular complexity index is 314. The van der Waals surface area contributed by atoms with Gasteiger partial charge in [-0.2, -0.15) is 0 Å². The zero-order chi connectivity index (χ0) is 14.4. The van der Waals surface area contributed by atoms with Gasteiger partial charge in [-0.15, -0.1) is 0 Å². The van der Waals surface area contributed by atoms with Crippen LogP contribution in [0.25, 0.3) is 0 Å². The number of hydrogen-bond donors (Lipinski definition) is 1. The van der Waals surface area contributed by atoms with Crippen LogP contribution in [0.1, 0.15) is 40.0 Å². The highest BCUT2D eigenvalue weighted by Gasteiger charge is 2.29. The predicted octanol–water partition coefficient (Wildman–Crippen LogP) is 1.63. The van der Waals surface area contributed by atoms with Crippen LogP contribution in [0.5, 0.6) is 0 Å². The molecule has 0 spiro atoms. The first-order valence-corrected chi connectivity index (χ1v) is 7.74. The van der Waals surface area contributed by atoms with Gasteiger partial charge in [0.05, 0.1) is 10.9 Å². The largest absolute Gasteiger partial charge is 0.393 e. The van der Waals surface area contributed by atoms with Crippen molar-refractivity contribution in [2.75, 3.05) is 26.2 Å². The fourth-order valence-corrected chi connectivity index (χ4v) is 2.76. The molecule has 2 N–H and O–H groups in total. The maximum absolute atomic E-state index is 12.4. The minimum absolute atomic E-state index is 0.123. The van der Waals surface area contributed by atoms with Crippen LogP contribution >= 0.6 is 12.2 Å². The van der Waals surface area contributed by atoms with Gasteiger partial charge in [-0.25, -0.2) is 0 Å². The normalized spacial score (nSPS) is 20.1. The Morgan fingerprint density at radius 3 is 2.26 bits per heavy atom. The summed E-state index contributed by atoms with van der Waals surface area (Å²) in [4.78, 5) is 17.1. The highest BCUT2D eigenvalue weighted by molar-refractivity contribution is 7.80. The molecule has 1 fully saturated rings. The summed E-state index contributed by atoms with van der Waals surface area (Å²) in [5, 5.41) is 0. The van der Waals surface area contributed by atoms with E-state index in [9.17, 15) is 4.79 Å². The SMILES string of the molecule is CCCC(C(=O)N1CCN(C(C)CC)CC1)C(N)=S. The second kappa shape index (κ2) is 7.80. The molecule has 0 aromatic rings. The zero-order valence-corrected chi connectivity index (χ0v) is 13.2. The molecule has 0 aromatic carbocycles. The highest BCUT2D eigenvalue weighted by Crippen LogP contribution is 2.15. The van der Waals surface area contributed by atoms with Crippen molar-refractivity contribution in [2.24, 2.45) is 11.7 Å². The Hall–Kier alpha value is -0.680. The van der Waals surface area contributed by atoms with Gasteiger partial charge in [-0.1, -0.05) is 32.5 Å². The van der Waals surface area contributed by atoms with E-state index in [1.54, 1.807) is 0 Å². The van der Waals surface area contributed by atoms with Crippen LogP contribution in [0.2, 0.25) is 0 Å². The van der Waals surface area contributed by atoms with Gasteiger partial charge >= 0.3 is 0 Å². The van der Waals surface area contributed by atoms with Gasteiger partial charge in [0.15, 0.2) is 0 Å². The molecule has 110 valence electrons. The standard InChI is InChI=1S/C14H27N3OS/c1-4-6-12(13(15)19)14(18)17-9-7-16(8-10-17)11(3)5-2/h11-12H,4-10H2,1-3H3,(H2,15,19). The van der Waals surface area contributed by atoms with Crippen molar-refractivity contribution in [3.05, 3.63) is 0 Å². The quantitative estimate of drug-likeness (QED) is 0.754. The lowest BCUT2D eigenvalue weighted by Gasteiger charge is -2.39. The summed E-state index contributed by atoms with van der Waals surface area (Å²) in [5.41, 5.74) is 5.70. The fourth-order valence-electron chi connectivity index (χ4n) is 2.54. The monoisotopic (exact) mass is 285 g/mol. The van der Waals surface area contributed by atoms with E-state index in [0.29, 0.717) is 11.0 Å². The van der Waals surface area contributed by atoms with E-state index in [4.69, 9.17) is 18.0 Å². The number of carbonyl (C=O) groups is 1. The smallest absolute Gasteiger partial charge is 0.232 e. The molecule has 2 atom stereocenters. The third-order valence-electron chi connectivity index (χ3n) is 4.06. The van der Waals surface area contributed by atoms with E-state index < -0.39 is 0 Å². The van der Waals surface area contributed by atoms with Crippen molar-refractivity contribution in [3.8, 4) is 0 Å². The number of piperazine rings is 1. The second-order valence-corrected chi connectivity index (χ2v) is 5.83. The van der Waals surface area contributed by atoms with E-state index in [1.807, 2.05) is 4.90 Å². The second-order valence-electron chi connectivity index (χ2n) is 5.36. The molecule has 2 unspecified atom stereocenters.